The van der Waals surface area contributed by atoms with Crippen molar-refractivity contribution in [2.24, 2.45) is 0 Å². The highest BCUT2D eigenvalue weighted by Crippen LogP contribution is 2.33. The second-order valence-electron chi connectivity index (χ2n) is 5.99. The molecule has 0 aliphatic rings. The van der Waals surface area contributed by atoms with Crippen molar-refractivity contribution in [1.29, 1.82) is 0 Å². The lowest BCUT2D eigenvalue weighted by molar-refractivity contribution is 0.0600. The largest absolute Gasteiger partial charge is 0.496 e. The van der Waals surface area contributed by atoms with E-state index in [0.717, 1.165) is 5.56 Å². The highest BCUT2D eigenvalue weighted by atomic mass is 32.2. The first-order valence-corrected chi connectivity index (χ1v) is 9.58. The van der Waals surface area contributed by atoms with Gasteiger partial charge in [0.1, 0.15) is 11.5 Å². The van der Waals surface area contributed by atoms with Crippen molar-refractivity contribution in [3.63, 3.8) is 0 Å². The number of hydrogen-bond acceptors (Lipinski definition) is 6. The van der Waals surface area contributed by atoms with Gasteiger partial charge < -0.3 is 14.2 Å². The standard InChI is InChI=1S/C19H23NO6S/c1-11-9-17(25-5)12(2)13(3)18(11)27(22,23)20-15-10-14(19(21)26-6)7-8-16(15)24-4/h7-10,20H,1-6H3. The van der Waals surface area contributed by atoms with Crippen LogP contribution in [0.3, 0.4) is 0 Å². The molecule has 0 atom stereocenters. The highest BCUT2D eigenvalue weighted by Gasteiger charge is 2.24. The molecule has 146 valence electrons. The Kier molecular flexibility index (Phi) is 6.00. The van der Waals surface area contributed by atoms with Crippen LogP contribution in [-0.2, 0) is 14.8 Å². The molecule has 0 saturated heterocycles. The monoisotopic (exact) mass is 393 g/mol. The van der Waals surface area contributed by atoms with Crippen molar-refractivity contribution in [1.82, 2.24) is 0 Å². The minimum absolute atomic E-state index is 0.146. The summed E-state index contributed by atoms with van der Waals surface area (Å²) >= 11 is 0. The maximum atomic E-state index is 13.1. The summed E-state index contributed by atoms with van der Waals surface area (Å²) in [7, 11) is 0.266. The molecule has 0 spiro atoms. The Hall–Kier alpha value is -2.74. The number of hydrogen-bond donors (Lipinski definition) is 1. The van der Waals surface area contributed by atoms with Crippen LogP contribution in [0.5, 0.6) is 11.5 Å². The van der Waals surface area contributed by atoms with E-state index in [9.17, 15) is 13.2 Å². The summed E-state index contributed by atoms with van der Waals surface area (Å²) in [4.78, 5) is 11.9. The summed E-state index contributed by atoms with van der Waals surface area (Å²) in [5.74, 6) is 0.326. The zero-order valence-corrected chi connectivity index (χ0v) is 17.0. The van der Waals surface area contributed by atoms with Crippen LogP contribution in [0.2, 0.25) is 0 Å². The summed E-state index contributed by atoms with van der Waals surface area (Å²) < 4.78 is 43.9. The van der Waals surface area contributed by atoms with E-state index in [4.69, 9.17) is 9.47 Å². The topological polar surface area (TPSA) is 90.9 Å². The zero-order chi connectivity index (χ0) is 20.4. The van der Waals surface area contributed by atoms with Crippen LogP contribution >= 0.6 is 0 Å². The Bertz CT molecular complexity index is 982. The van der Waals surface area contributed by atoms with Crippen LogP contribution in [0.25, 0.3) is 0 Å². The summed E-state index contributed by atoms with van der Waals surface area (Å²) in [6.45, 7) is 5.22. The van der Waals surface area contributed by atoms with Gasteiger partial charge in [-0.25, -0.2) is 13.2 Å². The van der Waals surface area contributed by atoms with E-state index in [1.807, 2.05) is 0 Å². The molecule has 27 heavy (non-hydrogen) atoms. The van der Waals surface area contributed by atoms with Crippen molar-refractivity contribution in [3.05, 3.63) is 46.5 Å². The number of rotatable bonds is 6. The van der Waals surface area contributed by atoms with Gasteiger partial charge in [0, 0.05) is 0 Å². The Morgan fingerprint density at radius 3 is 2.11 bits per heavy atom. The Labute approximate surface area is 159 Å². The van der Waals surface area contributed by atoms with Crippen LogP contribution in [0.1, 0.15) is 27.0 Å². The van der Waals surface area contributed by atoms with Crippen LogP contribution in [-0.4, -0.2) is 35.7 Å². The van der Waals surface area contributed by atoms with Gasteiger partial charge in [0.25, 0.3) is 10.0 Å². The second kappa shape index (κ2) is 7.87. The molecule has 0 aliphatic heterocycles. The molecule has 0 radical (unpaired) electrons. The molecule has 2 rings (SSSR count). The number of nitrogens with one attached hydrogen (secondary N) is 1. The van der Waals surface area contributed by atoms with E-state index in [-0.39, 0.29) is 21.9 Å². The lowest BCUT2D eigenvalue weighted by Crippen LogP contribution is -2.17. The number of benzene rings is 2. The third kappa shape index (κ3) is 4.00. The zero-order valence-electron chi connectivity index (χ0n) is 16.2. The first-order valence-electron chi connectivity index (χ1n) is 8.10. The van der Waals surface area contributed by atoms with Crippen molar-refractivity contribution in [3.8, 4) is 11.5 Å². The number of anilines is 1. The fraction of sp³-hybridized carbons (Fsp3) is 0.316. The van der Waals surface area contributed by atoms with Gasteiger partial charge in [0.05, 0.1) is 37.5 Å². The molecule has 0 unspecified atom stereocenters. The minimum atomic E-state index is -3.94. The number of sulfonamides is 1. The maximum Gasteiger partial charge on any atom is 0.337 e. The van der Waals surface area contributed by atoms with E-state index in [0.29, 0.717) is 16.9 Å². The Morgan fingerprint density at radius 1 is 0.926 bits per heavy atom. The SMILES string of the molecule is COC(=O)c1ccc(OC)c(NS(=O)(=O)c2c(C)cc(OC)c(C)c2C)c1. The van der Waals surface area contributed by atoms with E-state index in [1.54, 1.807) is 26.8 Å². The third-order valence-electron chi connectivity index (χ3n) is 4.33. The number of ether oxygens (including phenoxy) is 3. The minimum Gasteiger partial charge on any atom is -0.496 e. The fourth-order valence-corrected chi connectivity index (χ4v) is 4.47. The fourth-order valence-electron chi connectivity index (χ4n) is 2.88. The molecule has 0 bridgehead atoms. The van der Waals surface area contributed by atoms with Gasteiger partial charge in [0.15, 0.2) is 0 Å². The van der Waals surface area contributed by atoms with Crippen LogP contribution < -0.4 is 14.2 Å². The van der Waals surface area contributed by atoms with E-state index >= 15 is 0 Å². The summed E-state index contributed by atoms with van der Waals surface area (Å²) in [6.07, 6.45) is 0. The molecule has 0 heterocycles. The first kappa shape index (κ1) is 20.6. The Balaban J connectivity index is 2.57. The van der Waals surface area contributed by atoms with Crippen LogP contribution in [0.4, 0.5) is 5.69 Å². The molecule has 8 heteroatoms. The molecular formula is C19H23NO6S. The van der Waals surface area contributed by atoms with Crippen LogP contribution in [0, 0.1) is 20.8 Å². The molecule has 0 aliphatic carbocycles. The summed E-state index contributed by atoms with van der Waals surface area (Å²) in [6, 6.07) is 6.06. The number of aryl methyl sites for hydroxylation is 1. The number of methoxy groups -OCH3 is 3. The molecule has 1 N–H and O–H groups in total. The molecule has 2 aromatic carbocycles. The van der Waals surface area contributed by atoms with Gasteiger partial charge in [-0.05, 0) is 61.7 Å². The van der Waals surface area contributed by atoms with E-state index < -0.39 is 16.0 Å². The predicted molar refractivity (Wildman–Crippen MR) is 102 cm³/mol. The molecule has 0 saturated carbocycles. The Morgan fingerprint density at radius 2 is 1.56 bits per heavy atom. The first-order chi connectivity index (χ1) is 12.7. The average Bonchev–Trinajstić information content (AvgIpc) is 2.63. The number of carbonyl (C=O) groups is 1. The van der Waals surface area contributed by atoms with E-state index in [1.165, 1.54) is 39.5 Å². The number of esters is 1. The average molecular weight is 393 g/mol. The molecule has 7 nitrogen and oxygen atoms in total. The van der Waals surface area contributed by atoms with Gasteiger partial charge in [-0.1, -0.05) is 0 Å². The predicted octanol–water partition coefficient (Wildman–Crippen LogP) is 3.22. The summed E-state index contributed by atoms with van der Waals surface area (Å²) in [5, 5.41) is 0. The molecule has 0 amide bonds. The quantitative estimate of drug-likeness (QED) is 0.758. The van der Waals surface area contributed by atoms with Crippen molar-refractivity contribution in [2.75, 3.05) is 26.1 Å². The van der Waals surface area contributed by atoms with Crippen LogP contribution in [0.15, 0.2) is 29.2 Å². The van der Waals surface area contributed by atoms with Gasteiger partial charge in [-0.3, -0.25) is 4.72 Å². The maximum absolute atomic E-state index is 13.1. The number of carbonyl (C=O) groups excluding carboxylic acids is 1. The lowest BCUT2D eigenvalue weighted by atomic mass is 10.1. The molecule has 0 aromatic heterocycles. The van der Waals surface area contributed by atoms with Crippen molar-refractivity contribution >= 4 is 21.7 Å². The van der Waals surface area contributed by atoms with Crippen molar-refractivity contribution in [2.45, 2.75) is 25.7 Å². The van der Waals surface area contributed by atoms with Crippen molar-refractivity contribution < 1.29 is 27.4 Å². The molecule has 0 fully saturated rings. The molecular weight excluding hydrogens is 370 g/mol. The lowest BCUT2D eigenvalue weighted by Gasteiger charge is -2.18. The smallest absolute Gasteiger partial charge is 0.337 e. The van der Waals surface area contributed by atoms with Gasteiger partial charge in [0.2, 0.25) is 0 Å². The third-order valence-corrected chi connectivity index (χ3v) is 5.99. The van der Waals surface area contributed by atoms with Gasteiger partial charge >= 0.3 is 5.97 Å². The highest BCUT2D eigenvalue weighted by molar-refractivity contribution is 7.92. The summed E-state index contributed by atoms with van der Waals surface area (Å²) in [5.41, 5.74) is 2.22. The van der Waals surface area contributed by atoms with Gasteiger partial charge in [-0.15, -0.1) is 0 Å². The van der Waals surface area contributed by atoms with E-state index in [2.05, 4.69) is 9.46 Å². The molecule has 2 aromatic rings. The second-order valence-corrected chi connectivity index (χ2v) is 7.61. The van der Waals surface area contributed by atoms with Gasteiger partial charge in [-0.2, -0.15) is 0 Å². The normalized spacial score (nSPS) is 11.0.